The van der Waals surface area contributed by atoms with Crippen LogP contribution in [0, 0.1) is 0 Å². The molecule has 2 rings (SSSR count). The third-order valence-corrected chi connectivity index (χ3v) is 3.73. The van der Waals surface area contributed by atoms with Crippen LogP contribution in [0.15, 0.2) is 18.3 Å². The van der Waals surface area contributed by atoms with E-state index < -0.39 is 5.54 Å². The largest absolute Gasteiger partial charge is 0.352 e. The van der Waals surface area contributed by atoms with Gasteiger partial charge in [-0.05, 0) is 39.3 Å². The molecule has 0 radical (unpaired) electrons. The fourth-order valence-corrected chi connectivity index (χ4v) is 2.36. The molecule has 1 unspecified atom stereocenters. The Labute approximate surface area is 113 Å². The number of hydrogen-bond donors (Lipinski definition) is 1. The summed E-state index contributed by atoms with van der Waals surface area (Å²) in [6, 6.07) is 3.69. The summed E-state index contributed by atoms with van der Waals surface area (Å²) in [5.41, 5.74) is -0.103. The summed E-state index contributed by atoms with van der Waals surface area (Å²) in [4.78, 5) is 26.3. The van der Waals surface area contributed by atoms with Crippen LogP contribution in [-0.2, 0) is 11.8 Å². The number of rotatable bonds is 3. The monoisotopic (exact) mass is 263 g/mol. The lowest BCUT2D eigenvalue weighted by atomic mass is 9.85. The van der Waals surface area contributed by atoms with Gasteiger partial charge in [0.2, 0.25) is 5.91 Å². The molecule has 0 aromatic carbocycles. The molecule has 0 bridgehead atoms. The maximum atomic E-state index is 12.4. The van der Waals surface area contributed by atoms with Crippen molar-refractivity contribution in [2.75, 3.05) is 6.54 Å². The zero-order valence-electron chi connectivity index (χ0n) is 11.9. The topological polar surface area (TPSA) is 54.3 Å². The van der Waals surface area contributed by atoms with Crippen molar-refractivity contribution in [1.29, 1.82) is 0 Å². The first-order chi connectivity index (χ1) is 8.86. The summed E-state index contributed by atoms with van der Waals surface area (Å²) < 4.78 is 1.78. The first-order valence-electron chi connectivity index (χ1n) is 6.60. The van der Waals surface area contributed by atoms with E-state index in [9.17, 15) is 9.59 Å². The van der Waals surface area contributed by atoms with Gasteiger partial charge in [-0.25, -0.2) is 0 Å². The van der Waals surface area contributed by atoms with Crippen LogP contribution in [0.2, 0.25) is 0 Å². The Morgan fingerprint density at radius 2 is 2.11 bits per heavy atom. The summed E-state index contributed by atoms with van der Waals surface area (Å²) in [7, 11) is 1.83. The Bertz CT molecular complexity index is 507. The van der Waals surface area contributed by atoms with Gasteiger partial charge in [0.25, 0.3) is 5.91 Å². The van der Waals surface area contributed by atoms with Crippen LogP contribution >= 0.6 is 0 Å². The molecular formula is C14H21N3O2. The molecule has 1 aromatic rings. The van der Waals surface area contributed by atoms with Gasteiger partial charge in [0.1, 0.15) is 11.2 Å². The van der Waals surface area contributed by atoms with Gasteiger partial charge >= 0.3 is 0 Å². The lowest BCUT2D eigenvalue weighted by Crippen LogP contribution is -2.68. The minimum Gasteiger partial charge on any atom is -0.352 e. The van der Waals surface area contributed by atoms with Crippen molar-refractivity contribution in [3.63, 3.8) is 0 Å². The minimum atomic E-state index is -0.717. The van der Waals surface area contributed by atoms with E-state index in [1.165, 1.54) is 0 Å². The van der Waals surface area contributed by atoms with Gasteiger partial charge in [-0.3, -0.25) is 9.59 Å². The van der Waals surface area contributed by atoms with Crippen LogP contribution in [0.5, 0.6) is 0 Å². The normalized spacial score (nSPS) is 22.3. The summed E-state index contributed by atoms with van der Waals surface area (Å²) in [6.07, 6.45) is 2.54. The number of nitrogens with one attached hydrogen (secondary N) is 1. The Kier molecular flexibility index (Phi) is 3.39. The zero-order valence-corrected chi connectivity index (χ0v) is 11.9. The van der Waals surface area contributed by atoms with E-state index in [-0.39, 0.29) is 17.9 Å². The smallest absolute Gasteiger partial charge is 0.271 e. The van der Waals surface area contributed by atoms with Crippen LogP contribution in [0.3, 0.4) is 0 Å². The summed E-state index contributed by atoms with van der Waals surface area (Å²) in [5.74, 6) is -0.156. The van der Waals surface area contributed by atoms with E-state index in [2.05, 4.69) is 5.32 Å². The lowest BCUT2D eigenvalue weighted by molar-refractivity contribution is -0.138. The molecule has 1 aliphatic heterocycles. The standard InChI is InChI=1S/C14H21N3O2/c1-10(2)15-13(19)14(3)7-9-17(14)12(18)11-6-5-8-16(11)4/h5-6,8,10H,7,9H2,1-4H3,(H,15,19). The quantitative estimate of drug-likeness (QED) is 0.889. The fraction of sp³-hybridized carbons (Fsp3) is 0.571. The number of likely N-dealkylation sites (tertiary alicyclic amines) is 1. The molecule has 1 saturated heterocycles. The molecule has 0 saturated carbocycles. The first kappa shape index (κ1) is 13.6. The van der Waals surface area contributed by atoms with Crippen molar-refractivity contribution < 1.29 is 9.59 Å². The summed E-state index contributed by atoms with van der Waals surface area (Å²) in [5, 5.41) is 2.89. The van der Waals surface area contributed by atoms with E-state index in [4.69, 9.17) is 0 Å². The molecule has 1 N–H and O–H groups in total. The molecular weight excluding hydrogens is 242 g/mol. The minimum absolute atomic E-state index is 0.0729. The van der Waals surface area contributed by atoms with E-state index in [1.54, 1.807) is 15.5 Å². The molecule has 5 heteroatoms. The Morgan fingerprint density at radius 1 is 1.42 bits per heavy atom. The highest BCUT2D eigenvalue weighted by Gasteiger charge is 2.49. The molecule has 1 aliphatic rings. The summed E-state index contributed by atoms with van der Waals surface area (Å²) in [6.45, 7) is 6.30. The molecule has 5 nitrogen and oxygen atoms in total. The molecule has 2 heterocycles. The van der Waals surface area contributed by atoms with Crippen molar-refractivity contribution in [1.82, 2.24) is 14.8 Å². The molecule has 0 spiro atoms. The van der Waals surface area contributed by atoms with Crippen LogP contribution in [0.1, 0.15) is 37.7 Å². The number of aryl methyl sites for hydroxylation is 1. The van der Waals surface area contributed by atoms with E-state index >= 15 is 0 Å². The predicted octanol–water partition coefficient (Wildman–Crippen LogP) is 1.15. The van der Waals surface area contributed by atoms with Gasteiger partial charge in [-0.2, -0.15) is 0 Å². The van der Waals surface area contributed by atoms with Crippen LogP contribution in [0.25, 0.3) is 0 Å². The van der Waals surface area contributed by atoms with Crippen LogP contribution < -0.4 is 5.32 Å². The molecule has 1 atom stereocenters. The summed E-state index contributed by atoms with van der Waals surface area (Å²) >= 11 is 0. The zero-order chi connectivity index (χ0) is 14.2. The highest BCUT2D eigenvalue weighted by Crippen LogP contribution is 2.32. The van der Waals surface area contributed by atoms with Gasteiger partial charge in [0.05, 0.1) is 0 Å². The molecule has 0 aliphatic carbocycles. The highest BCUT2D eigenvalue weighted by atomic mass is 16.2. The Balaban J connectivity index is 2.16. The molecule has 2 amide bonds. The van der Waals surface area contributed by atoms with Crippen LogP contribution in [0.4, 0.5) is 0 Å². The maximum absolute atomic E-state index is 12.4. The Hall–Kier alpha value is -1.78. The second kappa shape index (κ2) is 4.72. The van der Waals surface area contributed by atoms with Gasteiger partial charge in [0.15, 0.2) is 0 Å². The second-order valence-electron chi connectivity index (χ2n) is 5.61. The first-order valence-corrected chi connectivity index (χ1v) is 6.60. The van der Waals surface area contributed by atoms with Gasteiger partial charge in [-0.1, -0.05) is 0 Å². The third kappa shape index (κ3) is 2.25. The Morgan fingerprint density at radius 3 is 2.53 bits per heavy atom. The van der Waals surface area contributed by atoms with Crippen molar-refractivity contribution in [3.8, 4) is 0 Å². The van der Waals surface area contributed by atoms with Gasteiger partial charge < -0.3 is 14.8 Å². The lowest BCUT2D eigenvalue weighted by Gasteiger charge is -2.49. The third-order valence-electron chi connectivity index (χ3n) is 3.73. The molecule has 104 valence electrons. The number of aromatic nitrogens is 1. The second-order valence-corrected chi connectivity index (χ2v) is 5.61. The molecule has 1 aromatic heterocycles. The van der Waals surface area contributed by atoms with E-state index in [1.807, 2.05) is 40.1 Å². The van der Waals surface area contributed by atoms with Crippen LogP contribution in [-0.4, -0.2) is 39.4 Å². The SMILES string of the molecule is CC(C)NC(=O)C1(C)CCN1C(=O)c1cccn1C. The molecule has 19 heavy (non-hydrogen) atoms. The van der Waals surface area contributed by atoms with Gasteiger partial charge in [-0.15, -0.1) is 0 Å². The van der Waals surface area contributed by atoms with Crippen molar-refractivity contribution >= 4 is 11.8 Å². The fourth-order valence-electron chi connectivity index (χ4n) is 2.36. The average molecular weight is 263 g/mol. The predicted molar refractivity (Wildman–Crippen MR) is 72.8 cm³/mol. The number of carbonyl (C=O) groups excluding carboxylic acids is 2. The van der Waals surface area contributed by atoms with Gasteiger partial charge in [0, 0.05) is 25.8 Å². The number of amides is 2. The number of hydrogen-bond acceptors (Lipinski definition) is 2. The van der Waals surface area contributed by atoms with Crippen molar-refractivity contribution in [3.05, 3.63) is 24.0 Å². The highest BCUT2D eigenvalue weighted by molar-refractivity contribution is 5.99. The number of carbonyl (C=O) groups is 2. The maximum Gasteiger partial charge on any atom is 0.271 e. The van der Waals surface area contributed by atoms with E-state index in [0.717, 1.165) is 0 Å². The van der Waals surface area contributed by atoms with Crippen molar-refractivity contribution in [2.24, 2.45) is 7.05 Å². The molecule has 1 fully saturated rings. The van der Waals surface area contributed by atoms with E-state index in [0.29, 0.717) is 18.7 Å². The average Bonchev–Trinajstić information content (AvgIpc) is 2.71. The van der Waals surface area contributed by atoms with Crippen molar-refractivity contribution in [2.45, 2.75) is 38.8 Å². The number of nitrogens with zero attached hydrogens (tertiary/aromatic N) is 2.